The minimum absolute atomic E-state index is 0.385. The summed E-state index contributed by atoms with van der Waals surface area (Å²) < 4.78 is 30.6. The lowest BCUT2D eigenvalue weighted by atomic mass is 10.1. The molecule has 1 heterocycles. The number of halogens is 2. The molecule has 1 aliphatic heterocycles. The normalized spacial score (nSPS) is 16.4. The van der Waals surface area contributed by atoms with Crippen LogP contribution in [0, 0.1) is 17.6 Å². The van der Waals surface area contributed by atoms with Crippen LogP contribution in [0.3, 0.4) is 0 Å². The van der Waals surface area contributed by atoms with Crippen LogP contribution in [0.2, 0.25) is 0 Å². The van der Waals surface area contributed by atoms with Crippen LogP contribution in [0.15, 0.2) is 18.2 Å². The maximum Gasteiger partial charge on any atom is 0.162 e. The zero-order chi connectivity index (χ0) is 9.97. The molecule has 76 valence electrons. The van der Waals surface area contributed by atoms with Crippen molar-refractivity contribution < 1.29 is 13.5 Å². The van der Waals surface area contributed by atoms with Crippen molar-refractivity contribution in [1.82, 2.24) is 5.32 Å². The van der Waals surface area contributed by atoms with Crippen LogP contribution in [0.4, 0.5) is 8.78 Å². The van der Waals surface area contributed by atoms with Gasteiger partial charge in [0, 0.05) is 25.1 Å². The lowest BCUT2D eigenvalue weighted by molar-refractivity contribution is 0.198. The molecule has 1 N–H and O–H groups in total. The molecular formula is C10H11F2NO. The van der Waals surface area contributed by atoms with Crippen molar-refractivity contribution >= 4 is 0 Å². The van der Waals surface area contributed by atoms with Crippen molar-refractivity contribution in [2.45, 2.75) is 0 Å². The fraction of sp³-hybridized carbons (Fsp3) is 0.400. The van der Waals surface area contributed by atoms with Crippen molar-refractivity contribution in [2.24, 2.45) is 5.92 Å². The molecule has 1 aromatic carbocycles. The van der Waals surface area contributed by atoms with E-state index in [9.17, 15) is 8.78 Å². The van der Waals surface area contributed by atoms with Gasteiger partial charge < -0.3 is 10.1 Å². The topological polar surface area (TPSA) is 21.3 Å². The Hall–Kier alpha value is -1.16. The van der Waals surface area contributed by atoms with E-state index in [2.05, 4.69) is 5.32 Å². The van der Waals surface area contributed by atoms with Crippen LogP contribution in [-0.4, -0.2) is 19.7 Å². The standard InChI is InChI=1S/C10H11F2NO/c11-9-2-1-8(3-10(9)12)14-6-7-4-13-5-7/h1-3,7,13H,4-6H2. The van der Waals surface area contributed by atoms with Crippen molar-refractivity contribution in [2.75, 3.05) is 19.7 Å². The Kier molecular flexibility index (Phi) is 2.63. The lowest BCUT2D eigenvalue weighted by Gasteiger charge is -2.26. The quantitative estimate of drug-likeness (QED) is 0.797. The van der Waals surface area contributed by atoms with E-state index in [1.54, 1.807) is 0 Å². The summed E-state index contributed by atoms with van der Waals surface area (Å²) in [6.07, 6.45) is 0. The van der Waals surface area contributed by atoms with E-state index in [0.717, 1.165) is 25.2 Å². The van der Waals surface area contributed by atoms with Gasteiger partial charge in [-0.1, -0.05) is 0 Å². The first-order valence-electron chi connectivity index (χ1n) is 4.54. The maximum atomic E-state index is 12.7. The second kappa shape index (κ2) is 3.92. The summed E-state index contributed by atoms with van der Waals surface area (Å²) in [6.45, 7) is 2.42. The lowest BCUT2D eigenvalue weighted by Crippen LogP contribution is -2.45. The molecule has 0 atom stereocenters. The molecule has 0 aliphatic carbocycles. The van der Waals surface area contributed by atoms with Crippen LogP contribution in [-0.2, 0) is 0 Å². The van der Waals surface area contributed by atoms with Gasteiger partial charge in [0.05, 0.1) is 6.61 Å². The van der Waals surface area contributed by atoms with Gasteiger partial charge in [-0.25, -0.2) is 8.78 Å². The third-order valence-electron chi connectivity index (χ3n) is 2.24. The fourth-order valence-electron chi connectivity index (χ4n) is 1.25. The number of hydrogen-bond donors (Lipinski definition) is 1. The van der Waals surface area contributed by atoms with Gasteiger partial charge in [-0.15, -0.1) is 0 Å². The molecule has 0 amide bonds. The molecule has 4 heteroatoms. The van der Waals surface area contributed by atoms with E-state index >= 15 is 0 Å². The summed E-state index contributed by atoms with van der Waals surface area (Å²) in [5.41, 5.74) is 0. The minimum Gasteiger partial charge on any atom is -0.493 e. The highest BCUT2D eigenvalue weighted by Crippen LogP contribution is 2.16. The number of benzene rings is 1. The third-order valence-corrected chi connectivity index (χ3v) is 2.24. The van der Waals surface area contributed by atoms with Crippen molar-refractivity contribution in [1.29, 1.82) is 0 Å². The molecule has 0 saturated carbocycles. The molecular weight excluding hydrogens is 188 g/mol. The Morgan fingerprint density at radius 1 is 1.29 bits per heavy atom. The average molecular weight is 199 g/mol. The van der Waals surface area contributed by atoms with E-state index in [-0.39, 0.29) is 0 Å². The Labute approximate surface area is 80.9 Å². The van der Waals surface area contributed by atoms with Gasteiger partial charge in [0.25, 0.3) is 0 Å². The van der Waals surface area contributed by atoms with Gasteiger partial charge in [-0.2, -0.15) is 0 Å². The molecule has 1 saturated heterocycles. The average Bonchev–Trinajstić information content (AvgIpc) is 2.08. The van der Waals surface area contributed by atoms with Crippen LogP contribution in [0.5, 0.6) is 5.75 Å². The Morgan fingerprint density at radius 3 is 2.64 bits per heavy atom. The maximum absolute atomic E-state index is 12.7. The fourth-order valence-corrected chi connectivity index (χ4v) is 1.25. The first-order valence-corrected chi connectivity index (χ1v) is 4.54. The molecule has 0 radical (unpaired) electrons. The highest BCUT2D eigenvalue weighted by Gasteiger charge is 2.17. The molecule has 0 aromatic heterocycles. The van der Waals surface area contributed by atoms with Crippen LogP contribution >= 0.6 is 0 Å². The highest BCUT2D eigenvalue weighted by molar-refractivity contribution is 5.23. The first-order chi connectivity index (χ1) is 6.75. The number of ether oxygens (including phenoxy) is 1. The van der Waals surface area contributed by atoms with E-state index in [4.69, 9.17) is 4.74 Å². The van der Waals surface area contributed by atoms with E-state index in [1.807, 2.05) is 0 Å². The summed E-state index contributed by atoms with van der Waals surface area (Å²) in [7, 11) is 0. The molecule has 1 aliphatic rings. The van der Waals surface area contributed by atoms with Gasteiger partial charge in [0.2, 0.25) is 0 Å². The van der Waals surface area contributed by atoms with Crippen molar-refractivity contribution in [3.05, 3.63) is 29.8 Å². The first kappa shape index (κ1) is 9.40. The predicted octanol–water partition coefficient (Wildman–Crippen LogP) is 1.56. The second-order valence-corrected chi connectivity index (χ2v) is 3.41. The van der Waals surface area contributed by atoms with E-state index in [0.29, 0.717) is 18.3 Å². The van der Waals surface area contributed by atoms with E-state index in [1.165, 1.54) is 6.07 Å². The van der Waals surface area contributed by atoms with Gasteiger partial charge in [0.15, 0.2) is 11.6 Å². The minimum atomic E-state index is -0.866. The number of nitrogens with one attached hydrogen (secondary N) is 1. The van der Waals surface area contributed by atoms with Crippen molar-refractivity contribution in [3.63, 3.8) is 0 Å². The SMILES string of the molecule is Fc1ccc(OCC2CNC2)cc1F. The highest BCUT2D eigenvalue weighted by atomic mass is 19.2. The molecule has 14 heavy (non-hydrogen) atoms. The zero-order valence-electron chi connectivity index (χ0n) is 7.59. The summed E-state index contributed by atoms with van der Waals surface area (Å²) in [5.74, 6) is -0.837. The number of rotatable bonds is 3. The third kappa shape index (κ3) is 2.01. The largest absolute Gasteiger partial charge is 0.493 e. The molecule has 1 aromatic rings. The van der Waals surface area contributed by atoms with Gasteiger partial charge >= 0.3 is 0 Å². The molecule has 0 bridgehead atoms. The monoisotopic (exact) mass is 199 g/mol. The summed E-state index contributed by atoms with van der Waals surface area (Å²) in [5, 5.41) is 3.10. The van der Waals surface area contributed by atoms with Gasteiger partial charge in [-0.3, -0.25) is 0 Å². The summed E-state index contributed by atoms with van der Waals surface area (Å²) >= 11 is 0. The molecule has 2 nitrogen and oxygen atoms in total. The smallest absolute Gasteiger partial charge is 0.162 e. The van der Waals surface area contributed by atoms with Gasteiger partial charge in [-0.05, 0) is 12.1 Å². The zero-order valence-corrected chi connectivity index (χ0v) is 7.59. The van der Waals surface area contributed by atoms with E-state index < -0.39 is 11.6 Å². The van der Waals surface area contributed by atoms with Crippen molar-refractivity contribution in [3.8, 4) is 5.75 Å². The Bertz CT molecular complexity index is 326. The Morgan fingerprint density at radius 2 is 2.07 bits per heavy atom. The van der Waals surface area contributed by atoms with Crippen LogP contribution in [0.25, 0.3) is 0 Å². The van der Waals surface area contributed by atoms with Gasteiger partial charge in [0.1, 0.15) is 5.75 Å². The van der Waals surface area contributed by atoms with Crippen LogP contribution < -0.4 is 10.1 Å². The number of hydrogen-bond acceptors (Lipinski definition) is 2. The van der Waals surface area contributed by atoms with Crippen LogP contribution in [0.1, 0.15) is 0 Å². The molecule has 2 rings (SSSR count). The summed E-state index contributed by atoms with van der Waals surface area (Å²) in [4.78, 5) is 0. The molecule has 0 unspecified atom stereocenters. The predicted molar refractivity (Wildman–Crippen MR) is 48.2 cm³/mol. The Balaban J connectivity index is 1.91. The second-order valence-electron chi connectivity index (χ2n) is 3.41. The summed E-state index contributed by atoms with van der Waals surface area (Å²) in [6, 6.07) is 3.58. The molecule has 1 fully saturated rings. The molecule has 0 spiro atoms.